The van der Waals surface area contributed by atoms with E-state index in [0.717, 1.165) is 6.07 Å². The van der Waals surface area contributed by atoms with Crippen molar-refractivity contribution in [3.05, 3.63) is 34.6 Å². The van der Waals surface area contributed by atoms with E-state index in [4.69, 9.17) is 11.6 Å². The third kappa shape index (κ3) is 1.61. The van der Waals surface area contributed by atoms with Gasteiger partial charge in [-0.3, -0.25) is 4.79 Å². The molecule has 1 aromatic rings. The molecule has 0 N–H and O–H groups in total. The first-order valence-electron chi connectivity index (χ1n) is 3.20. The second-order valence-corrected chi connectivity index (χ2v) is 2.58. The van der Waals surface area contributed by atoms with Crippen LogP contribution in [0.25, 0.3) is 0 Å². The normalized spacial score (nSPS) is 12.6. The molecule has 0 amide bonds. The summed E-state index contributed by atoms with van der Waals surface area (Å²) >= 11 is 5.46. The largest absolute Gasteiger partial charge is 0.300 e. The monoisotopic (exact) mass is 190 g/mol. The molecule has 1 nitrogen and oxygen atoms in total. The topological polar surface area (TPSA) is 17.1 Å². The Morgan fingerprint density at radius 2 is 2.17 bits per heavy atom. The van der Waals surface area contributed by atoms with Crippen molar-refractivity contribution in [1.82, 2.24) is 0 Å². The standard InChI is InChI=1S/C8H5ClF2O/c9-5-2-1-3-6(10)8(5)7(11)4-12/h1-4,7H. The molecule has 1 unspecified atom stereocenters. The van der Waals surface area contributed by atoms with Gasteiger partial charge in [-0.15, -0.1) is 0 Å². The molecule has 0 aliphatic heterocycles. The fourth-order valence-corrected chi connectivity index (χ4v) is 1.11. The van der Waals surface area contributed by atoms with Crippen LogP contribution in [0.15, 0.2) is 18.2 Å². The summed E-state index contributed by atoms with van der Waals surface area (Å²) in [5.41, 5.74) is -0.394. The molecule has 0 spiro atoms. The number of carbonyl (C=O) groups excluding carboxylic acids is 1. The Kier molecular flexibility index (Phi) is 2.76. The second kappa shape index (κ2) is 3.63. The number of aldehydes is 1. The maximum Gasteiger partial charge on any atom is 0.184 e. The van der Waals surface area contributed by atoms with Crippen LogP contribution in [0.2, 0.25) is 5.02 Å². The number of benzene rings is 1. The van der Waals surface area contributed by atoms with Crippen molar-refractivity contribution in [2.24, 2.45) is 0 Å². The minimum atomic E-state index is -1.99. The van der Waals surface area contributed by atoms with Crippen LogP contribution in [0.1, 0.15) is 11.7 Å². The number of alkyl halides is 1. The highest BCUT2D eigenvalue weighted by molar-refractivity contribution is 6.31. The Morgan fingerprint density at radius 1 is 1.50 bits per heavy atom. The quantitative estimate of drug-likeness (QED) is 0.656. The molecular formula is C8H5ClF2O. The third-order valence-electron chi connectivity index (χ3n) is 1.39. The highest BCUT2D eigenvalue weighted by Crippen LogP contribution is 2.26. The molecule has 4 heteroatoms. The Hall–Kier alpha value is -0.960. The van der Waals surface area contributed by atoms with E-state index in [2.05, 4.69) is 0 Å². The molecule has 1 aromatic carbocycles. The van der Waals surface area contributed by atoms with Crippen molar-refractivity contribution in [1.29, 1.82) is 0 Å². The van der Waals surface area contributed by atoms with Gasteiger partial charge in [0.2, 0.25) is 0 Å². The Balaban J connectivity index is 3.20. The van der Waals surface area contributed by atoms with Crippen molar-refractivity contribution in [2.45, 2.75) is 6.17 Å². The van der Waals surface area contributed by atoms with Crippen molar-refractivity contribution in [3.63, 3.8) is 0 Å². The predicted octanol–water partition coefficient (Wildman–Crippen LogP) is 2.69. The van der Waals surface area contributed by atoms with Crippen molar-refractivity contribution >= 4 is 17.9 Å². The zero-order valence-corrected chi connectivity index (χ0v) is 6.68. The lowest BCUT2D eigenvalue weighted by Crippen LogP contribution is -1.97. The molecule has 0 fully saturated rings. The molecule has 0 radical (unpaired) electrons. The average molecular weight is 191 g/mol. The van der Waals surface area contributed by atoms with Gasteiger partial charge in [0.1, 0.15) is 5.82 Å². The minimum absolute atomic E-state index is 0.00426. The fraction of sp³-hybridized carbons (Fsp3) is 0.125. The SMILES string of the molecule is O=CC(F)c1c(F)cccc1Cl. The number of hydrogen-bond donors (Lipinski definition) is 0. The molecule has 0 bridgehead atoms. The maximum absolute atomic E-state index is 12.8. The van der Waals surface area contributed by atoms with Crippen molar-refractivity contribution < 1.29 is 13.6 Å². The number of rotatable bonds is 2. The maximum atomic E-state index is 12.8. The van der Waals surface area contributed by atoms with Gasteiger partial charge < -0.3 is 0 Å². The van der Waals surface area contributed by atoms with Crippen LogP contribution in [-0.4, -0.2) is 6.29 Å². The summed E-state index contributed by atoms with van der Waals surface area (Å²) in [4.78, 5) is 10.0. The van der Waals surface area contributed by atoms with Gasteiger partial charge in [0.25, 0.3) is 0 Å². The number of hydrogen-bond acceptors (Lipinski definition) is 1. The van der Waals surface area contributed by atoms with Crippen molar-refractivity contribution in [2.75, 3.05) is 0 Å². The lowest BCUT2D eigenvalue weighted by atomic mass is 10.1. The molecule has 1 atom stereocenters. The summed E-state index contributed by atoms with van der Waals surface area (Å²) in [7, 11) is 0. The molecule has 0 aliphatic carbocycles. The van der Waals surface area contributed by atoms with Crippen LogP contribution < -0.4 is 0 Å². The molecule has 0 aliphatic rings. The number of halogens is 3. The van der Waals surface area contributed by atoms with Gasteiger partial charge in [-0.05, 0) is 12.1 Å². The Labute approximate surface area is 73.0 Å². The molecule has 0 saturated heterocycles. The lowest BCUT2D eigenvalue weighted by Gasteiger charge is -2.04. The number of carbonyl (C=O) groups is 1. The van der Waals surface area contributed by atoms with E-state index in [0.29, 0.717) is 0 Å². The molecule has 64 valence electrons. The van der Waals surface area contributed by atoms with Crippen LogP contribution in [0.3, 0.4) is 0 Å². The zero-order valence-electron chi connectivity index (χ0n) is 5.93. The summed E-state index contributed by atoms with van der Waals surface area (Å²) < 4.78 is 25.5. The van der Waals surface area contributed by atoms with E-state index >= 15 is 0 Å². The lowest BCUT2D eigenvalue weighted by molar-refractivity contribution is -0.112. The Bertz CT molecular complexity index is 281. The highest BCUT2D eigenvalue weighted by atomic mass is 35.5. The minimum Gasteiger partial charge on any atom is -0.300 e. The molecule has 12 heavy (non-hydrogen) atoms. The molecule has 0 aromatic heterocycles. The van der Waals surface area contributed by atoms with Gasteiger partial charge in [0, 0.05) is 5.56 Å². The first-order valence-corrected chi connectivity index (χ1v) is 3.58. The average Bonchev–Trinajstić information content (AvgIpc) is 2.03. The fourth-order valence-electron chi connectivity index (χ4n) is 0.842. The van der Waals surface area contributed by atoms with Crippen LogP contribution in [-0.2, 0) is 4.79 Å². The smallest absolute Gasteiger partial charge is 0.184 e. The molecular weight excluding hydrogens is 186 g/mol. The van der Waals surface area contributed by atoms with Crippen LogP contribution >= 0.6 is 11.6 Å². The second-order valence-electron chi connectivity index (χ2n) is 2.17. The van der Waals surface area contributed by atoms with Crippen molar-refractivity contribution in [3.8, 4) is 0 Å². The molecule has 0 saturated carbocycles. The summed E-state index contributed by atoms with van der Waals surface area (Å²) in [5.74, 6) is -0.804. The van der Waals surface area contributed by atoms with Crippen LogP contribution in [0, 0.1) is 5.82 Å². The first-order chi connectivity index (χ1) is 5.66. The van der Waals surface area contributed by atoms with E-state index < -0.39 is 17.6 Å². The van der Waals surface area contributed by atoms with E-state index in [9.17, 15) is 13.6 Å². The van der Waals surface area contributed by atoms with Gasteiger partial charge in [-0.25, -0.2) is 8.78 Å². The van der Waals surface area contributed by atoms with Gasteiger partial charge in [0.05, 0.1) is 5.02 Å². The van der Waals surface area contributed by atoms with E-state index in [1.54, 1.807) is 0 Å². The van der Waals surface area contributed by atoms with Gasteiger partial charge in [-0.1, -0.05) is 17.7 Å². The summed E-state index contributed by atoms with van der Waals surface area (Å²) in [5, 5.41) is -0.0744. The summed E-state index contributed by atoms with van der Waals surface area (Å²) in [6.07, 6.45) is -1.98. The molecule has 0 heterocycles. The van der Waals surface area contributed by atoms with E-state index in [-0.39, 0.29) is 11.3 Å². The van der Waals surface area contributed by atoms with Gasteiger partial charge >= 0.3 is 0 Å². The van der Waals surface area contributed by atoms with Crippen LogP contribution in [0.5, 0.6) is 0 Å². The zero-order chi connectivity index (χ0) is 9.14. The summed E-state index contributed by atoms with van der Waals surface area (Å²) in [6.45, 7) is 0. The van der Waals surface area contributed by atoms with Gasteiger partial charge in [0.15, 0.2) is 12.5 Å². The van der Waals surface area contributed by atoms with Crippen LogP contribution in [0.4, 0.5) is 8.78 Å². The van der Waals surface area contributed by atoms with E-state index in [1.807, 2.05) is 0 Å². The first kappa shape index (κ1) is 9.13. The summed E-state index contributed by atoms with van der Waals surface area (Å²) in [6, 6.07) is 3.73. The third-order valence-corrected chi connectivity index (χ3v) is 1.72. The Morgan fingerprint density at radius 3 is 2.67 bits per heavy atom. The predicted molar refractivity (Wildman–Crippen MR) is 41.3 cm³/mol. The highest BCUT2D eigenvalue weighted by Gasteiger charge is 2.16. The van der Waals surface area contributed by atoms with Gasteiger partial charge in [-0.2, -0.15) is 0 Å². The van der Waals surface area contributed by atoms with E-state index in [1.165, 1.54) is 12.1 Å². The molecule has 1 rings (SSSR count).